The van der Waals surface area contributed by atoms with E-state index in [1.54, 1.807) is 13.3 Å². The van der Waals surface area contributed by atoms with E-state index in [9.17, 15) is 0 Å². The first-order valence-corrected chi connectivity index (χ1v) is 7.03. The fraction of sp³-hybridized carbons (Fsp3) is 0.667. The molecule has 0 radical (unpaired) electrons. The van der Waals surface area contributed by atoms with E-state index in [1.807, 2.05) is 6.07 Å². The zero-order valence-corrected chi connectivity index (χ0v) is 11.9. The van der Waals surface area contributed by atoms with E-state index in [0.717, 1.165) is 18.0 Å². The maximum Gasteiger partial charge on any atom is 0.217 e. The van der Waals surface area contributed by atoms with Crippen LogP contribution in [0.3, 0.4) is 0 Å². The van der Waals surface area contributed by atoms with Crippen LogP contribution in [0.15, 0.2) is 18.3 Å². The fourth-order valence-corrected chi connectivity index (χ4v) is 2.14. The highest BCUT2D eigenvalue weighted by Crippen LogP contribution is 2.14. The van der Waals surface area contributed by atoms with E-state index in [-0.39, 0.29) is 0 Å². The van der Waals surface area contributed by atoms with Gasteiger partial charge in [-0.2, -0.15) is 0 Å². The lowest BCUT2D eigenvalue weighted by molar-refractivity contribution is 0.383. The number of hydrogen-bond acceptors (Lipinski definition) is 3. The molecule has 18 heavy (non-hydrogen) atoms. The van der Waals surface area contributed by atoms with Crippen molar-refractivity contribution in [2.45, 2.75) is 58.5 Å². The van der Waals surface area contributed by atoms with Crippen molar-refractivity contribution in [2.75, 3.05) is 7.11 Å². The summed E-state index contributed by atoms with van der Waals surface area (Å²) in [6.07, 6.45) is 8.05. The number of aromatic nitrogens is 1. The van der Waals surface area contributed by atoms with Crippen LogP contribution in [0.2, 0.25) is 0 Å². The number of unbranched alkanes of at least 4 members (excludes halogenated alkanes) is 1. The third-order valence-electron chi connectivity index (χ3n) is 3.17. The van der Waals surface area contributed by atoms with Gasteiger partial charge in [0, 0.05) is 24.3 Å². The summed E-state index contributed by atoms with van der Waals surface area (Å²) in [6.45, 7) is 5.32. The molecule has 0 aromatic carbocycles. The van der Waals surface area contributed by atoms with Gasteiger partial charge in [0.2, 0.25) is 5.88 Å². The van der Waals surface area contributed by atoms with Crippen molar-refractivity contribution in [1.82, 2.24) is 10.3 Å². The largest absolute Gasteiger partial charge is 0.481 e. The molecular formula is C15H26N2O. The van der Waals surface area contributed by atoms with Crippen LogP contribution >= 0.6 is 0 Å². The van der Waals surface area contributed by atoms with E-state index in [2.05, 4.69) is 30.2 Å². The molecule has 0 aliphatic rings. The van der Waals surface area contributed by atoms with Crippen molar-refractivity contribution in [3.05, 3.63) is 23.9 Å². The molecule has 1 unspecified atom stereocenters. The minimum Gasteiger partial charge on any atom is -0.481 e. The van der Waals surface area contributed by atoms with Crippen LogP contribution in [0.1, 0.15) is 51.5 Å². The topological polar surface area (TPSA) is 34.2 Å². The average Bonchev–Trinajstić information content (AvgIpc) is 2.42. The van der Waals surface area contributed by atoms with Crippen molar-refractivity contribution in [3.8, 4) is 5.88 Å². The van der Waals surface area contributed by atoms with Crippen LogP contribution in [0, 0.1) is 0 Å². The number of pyridine rings is 1. The molecule has 1 aromatic heterocycles. The molecule has 102 valence electrons. The first kappa shape index (κ1) is 15.0. The van der Waals surface area contributed by atoms with Gasteiger partial charge in [-0.3, -0.25) is 0 Å². The quantitative estimate of drug-likeness (QED) is 0.728. The normalized spacial score (nSPS) is 12.4. The predicted octanol–water partition coefficient (Wildman–Crippen LogP) is 3.54. The second-order valence-corrected chi connectivity index (χ2v) is 4.68. The number of nitrogens with one attached hydrogen (secondary N) is 1. The Hall–Kier alpha value is -1.09. The summed E-state index contributed by atoms with van der Waals surface area (Å²) in [4.78, 5) is 4.22. The number of hydrogen-bond donors (Lipinski definition) is 1. The zero-order chi connectivity index (χ0) is 13.2. The third-order valence-corrected chi connectivity index (χ3v) is 3.17. The van der Waals surface area contributed by atoms with Gasteiger partial charge in [-0.25, -0.2) is 4.98 Å². The van der Waals surface area contributed by atoms with Crippen LogP contribution < -0.4 is 10.1 Å². The monoisotopic (exact) mass is 250 g/mol. The van der Waals surface area contributed by atoms with Crippen LogP contribution in [-0.4, -0.2) is 18.1 Å². The van der Waals surface area contributed by atoms with E-state index < -0.39 is 0 Å². The molecular weight excluding hydrogens is 224 g/mol. The predicted molar refractivity (Wildman–Crippen MR) is 75.8 cm³/mol. The standard InChI is InChI=1S/C15H26N2O/c1-4-6-10-14(8-5-2)17-12-13-9-7-11-16-15(13)18-3/h7,9,11,14,17H,4-6,8,10,12H2,1-3H3. The molecule has 1 atom stereocenters. The van der Waals surface area contributed by atoms with E-state index in [1.165, 1.54) is 32.1 Å². The third kappa shape index (κ3) is 5.05. The highest BCUT2D eigenvalue weighted by molar-refractivity contribution is 5.25. The molecule has 1 rings (SSSR count). The van der Waals surface area contributed by atoms with Gasteiger partial charge in [0.1, 0.15) is 0 Å². The minimum absolute atomic E-state index is 0.611. The summed E-state index contributed by atoms with van der Waals surface area (Å²) >= 11 is 0. The number of methoxy groups -OCH3 is 1. The van der Waals surface area contributed by atoms with Crippen LogP contribution in [-0.2, 0) is 6.54 Å². The summed E-state index contributed by atoms with van der Waals surface area (Å²) in [5.74, 6) is 0.732. The molecule has 0 bridgehead atoms. The summed E-state index contributed by atoms with van der Waals surface area (Å²) in [5, 5.41) is 3.63. The second kappa shape index (κ2) is 8.92. The van der Waals surface area contributed by atoms with Gasteiger partial charge >= 0.3 is 0 Å². The van der Waals surface area contributed by atoms with E-state index in [4.69, 9.17) is 4.74 Å². The number of ether oxygens (including phenoxy) is 1. The van der Waals surface area contributed by atoms with Gasteiger partial charge in [-0.05, 0) is 18.9 Å². The van der Waals surface area contributed by atoms with Crippen LogP contribution in [0.4, 0.5) is 0 Å². The highest BCUT2D eigenvalue weighted by atomic mass is 16.5. The molecule has 0 fully saturated rings. The smallest absolute Gasteiger partial charge is 0.217 e. The van der Waals surface area contributed by atoms with Crippen LogP contribution in [0.25, 0.3) is 0 Å². The first-order chi connectivity index (χ1) is 8.81. The molecule has 1 aromatic rings. The summed E-state index contributed by atoms with van der Waals surface area (Å²) in [5.41, 5.74) is 1.14. The van der Waals surface area contributed by atoms with Gasteiger partial charge in [-0.15, -0.1) is 0 Å². The lowest BCUT2D eigenvalue weighted by Crippen LogP contribution is -2.28. The van der Waals surface area contributed by atoms with E-state index in [0.29, 0.717) is 6.04 Å². The average molecular weight is 250 g/mol. The molecule has 0 saturated carbocycles. The Balaban J connectivity index is 2.49. The Bertz CT molecular complexity index is 328. The number of nitrogens with zero attached hydrogens (tertiary/aromatic N) is 1. The minimum atomic E-state index is 0.611. The van der Waals surface area contributed by atoms with Crippen molar-refractivity contribution in [1.29, 1.82) is 0 Å². The maximum atomic E-state index is 5.27. The zero-order valence-electron chi connectivity index (χ0n) is 11.9. The second-order valence-electron chi connectivity index (χ2n) is 4.68. The fourth-order valence-electron chi connectivity index (χ4n) is 2.14. The first-order valence-electron chi connectivity index (χ1n) is 7.03. The Labute approximate surface area is 111 Å². The van der Waals surface area contributed by atoms with Crippen molar-refractivity contribution in [3.63, 3.8) is 0 Å². The Morgan fingerprint density at radius 3 is 2.78 bits per heavy atom. The molecule has 1 N–H and O–H groups in total. The highest BCUT2D eigenvalue weighted by Gasteiger charge is 2.09. The van der Waals surface area contributed by atoms with Gasteiger partial charge in [-0.1, -0.05) is 39.2 Å². The lowest BCUT2D eigenvalue weighted by Gasteiger charge is -2.18. The van der Waals surface area contributed by atoms with Crippen molar-refractivity contribution in [2.24, 2.45) is 0 Å². The molecule has 0 aliphatic carbocycles. The summed E-state index contributed by atoms with van der Waals surface area (Å²) in [7, 11) is 1.67. The Morgan fingerprint density at radius 2 is 2.11 bits per heavy atom. The molecule has 1 heterocycles. The molecule has 0 spiro atoms. The van der Waals surface area contributed by atoms with Crippen LogP contribution in [0.5, 0.6) is 5.88 Å². The molecule has 3 nitrogen and oxygen atoms in total. The summed E-state index contributed by atoms with van der Waals surface area (Å²) < 4.78 is 5.27. The van der Waals surface area contributed by atoms with Gasteiger partial charge in [0.15, 0.2) is 0 Å². The Kier molecular flexibility index (Phi) is 7.42. The molecule has 0 saturated heterocycles. The van der Waals surface area contributed by atoms with Crippen molar-refractivity contribution < 1.29 is 4.74 Å². The van der Waals surface area contributed by atoms with Gasteiger partial charge < -0.3 is 10.1 Å². The maximum absolute atomic E-state index is 5.27. The van der Waals surface area contributed by atoms with Gasteiger partial charge in [0.25, 0.3) is 0 Å². The SMILES string of the molecule is CCCCC(CCC)NCc1cccnc1OC. The molecule has 0 amide bonds. The number of rotatable bonds is 9. The van der Waals surface area contributed by atoms with Gasteiger partial charge in [0.05, 0.1) is 7.11 Å². The summed E-state index contributed by atoms with van der Waals surface area (Å²) in [6, 6.07) is 4.64. The lowest BCUT2D eigenvalue weighted by atomic mass is 10.0. The Morgan fingerprint density at radius 1 is 1.28 bits per heavy atom. The van der Waals surface area contributed by atoms with E-state index >= 15 is 0 Å². The van der Waals surface area contributed by atoms with Crippen molar-refractivity contribution >= 4 is 0 Å². The molecule has 0 aliphatic heterocycles. The molecule has 3 heteroatoms.